The van der Waals surface area contributed by atoms with Gasteiger partial charge in [0.25, 0.3) is 0 Å². The van der Waals surface area contributed by atoms with E-state index >= 15 is 0 Å². The molecule has 0 spiro atoms. The predicted octanol–water partition coefficient (Wildman–Crippen LogP) is 35.4. The normalized spacial score (nSPS) is 11.3. The number of aryl methyl sites for hydroxylation is 4. The van der Waals surface area contributed by atoms with Crippen LogP contribution >= 0.6 is 0 Å². The van der Waals surface area contributed by atoms with E-state index in [9.17, 15) is 0 Å². The zero-order valence-electron chi connectivity index (χ0n) is 78.5. The van der Waals surface area contributed by atoms with Gasteiger partial charge in [0.1, 0.15) is 57.5 Å². The van der Waals surface area contributed by atoms with Crippen LogP contribution in [-0.2, 0) is 59.9 Å². The van der Waals surface area contributed by atoms with Crippen LogP contribution in [0.4, 0.5) is 0 Å². The molecule has 0 aromatic heterocycles. The minimum Gasteiger partial charge on any atom is -0.457 e. The molecule has 0 aliphatic carbocycles. The topological polar surface area (TPSA) is 46.2 Å². The molecule has 5 nitrogen and oxygen atoms in total. The summed E-state index contributed by atoms with van der Waals surface area (Å²) in [5, 5.41) is 0. The standard InChI is InChI=1S/C28H27OS.C26H23OS.2C25H21OS.C24H19OS/c1-28(2,3)22-14-16-23(17-15-22)29-24-18-20-27(21-19-24)30(25-10-6-4-7-11-25)26-12-8-5-9-13-26;1-20-8-12-22(13-9-20)27-23-14-18-26(19-15-23)28(24-6-4-3-5-7-24)25-16-10-21(2)11-17-25;1-20-12-16-24(17-13-20)27(23-10-6-3-7-11-23)25-18-14-22(15-19-25)26-21-8-4-2-5-9-21;1-20-12-14-21(15-13-20)26-22-16-18-25(19-17-22)27(23-8-4-2-5-9-23)24-10-6-3-7-11-24;1-4-10-20(11-5-1)25-21-16-18-24(19-17-21)26(22-12-6-2-7-13-22)23-14-8-3-9-15-23/h4-21H,1-3H3;3-19H,1-2H3;2*2-19H,1H3;1-19H/q5*+1. The highest BCUT2D eigenvalue weighted by molar-refractivity contribution is 7.98. The Labute approximate surface area is 829 Å². The molecule has 678 valence electrons. The maximum atomic E-state index is 6.10. The molecule has 20 aromatic rings. The molecule has 0 saturated heterocycles. The lowest BCUT2D eigenvalue weighted by atomic mass is 9.87. The average Bonchev–Trinajstić information content (AvgIpc) is 0.820. The predicted molar refractivity (Wildman–Crippen MR) is 578 cm³/mol. The summed E-state index contributed by atoms with van der Waals surface area (Å²) >= 11 is 0. The third kappa shape index (κ3) is 27.7. The lowest BCUT2D eigenvalue weighted by molar-refractivity contribution is 0.481. The molecule has 0 saturated carbocycles. The highest BCUT2D eigenvalue weighted by Gasteiger charge is 2.34. The first-order valence-electron chi connectivity index (χ1n) is 46.2. The molecule has 20 rings (SSSR count). The minimum absolute atomic E-state index is 0.125. The second-order valence-corrected chi connectivity index (χ2v) is 43.7. The summed E-state index contributed by atoms with van der Waals surface area (Å²) in [6, 6.07) is 190. The number of para-hydroxylation sites is 2. The largest absolute Gasteiger partial charge is 0.457 e. The van der Waals surface area contributed by atoms with E-state index in [4.69, 9.17) is 23.7 Å². The van der Waals surface area contributed by atoms with Crippen molar-refractivity contribution < 1.29 is 23.7 Å². The Hall–Kier alpha value is -14.9. The van der Waals surface area contributed by atoms with Crippen LogP contribution in [0.15, 0.2) is 619 Å². The van der Waals surface area contributed by atoms with Gasteiger partial charge in [-0.05, 0) is 342 Å². The summed E-state index contributed by atoms with van der Waals surface area (Å²) in [6.45, 7) is 15.1. The van der Waals surface area contributed by atoms with Crippen LogP contribution in [0.3, 0.4) is 0 Å². The number of hydrogen-bond acceptors (Lipinski definition) is 5. The maximum Gasteiger partial charge on any atom is 0.166 e. The van der Waals surface area contributed by atoms with E-state index < -0.39 is 0 Å². The van der Waals surface area contributed by atoms with Crippen LogP contribution < -0.4 is 23.7 Å². The monoisotopic (exact) mass is 1890 g/mol. The summed E-state index contributed by atoms with van der Waals surface area (Å²) in [7, 11) is -0.660. The Bertz CT molecular complexity index is 6860. The fourth-order valence-corrected chi connectivity index (χ4v) is 25.3. The highest BCUT2D eigenvalue weighted by atomic mass is 32.2. The van der Waals surface area contributed by atoms with Crippen LogP contribution in [0.2, 0.25) is 0 Å². The first-order valence-corrected chi connectivity index (χ1v) is 52.3. The quantitative estimate of drug-likeness (QED) is 0.0534. The van der Waals surface area contributed by atoms with Crippen LogP contribution in [0.5, 0.6) is 57.5 Å². The van der Waals surface area contributed by atoms with Gasteiger partial charge < -0.3 is 23.7 Å². The van der Waals surface area contributed by atoms with Crippen molar-refractivity contribution in [3.8, 4) is 57.5 Å². The molecule has 0 N–H and O–H groups in total. The third-order valence-corrected chi connectivity index (χ3v) is 33.2. The van der Waals surface area contributed by atoms with Crippen LogP contribution in [0.25, 0.3) is 0 Å². The van der Waals surface area contributed by atoms with Crippen molar-refractivity contribution in [1.82, 2.24) is 0 Å². The summed E-state index contributed by atoms with van der Waals surface area (Å²) in [6.07, 6.45) is 0. The van der Waals surface area contributed by atoms with E-state index in [-0.39, 0.29) is 59.9 Å². The molecule has 0 aliphatic heterocycles. The third-order valence-electron chi connectivity index (χ3n) is 22.1. The molecular weight excluding hydrogens is 1780 g/mol. The molecule has 138 heavy (non-hydrogen) atoms. The van der Waals surface area contributed by atoms with Gasteiger partial charge in [0.05, 0.1) is 54.5 Å². The van der Waals surface area contributed by atoms with Gasteiger partial charge in [0.2, 0.25) is 0 Å². The van der Waals surface area contributed by atoms with Gasteiger partial charge in [0, 0.05) is 0 Å². The van der Waals surface area contributed by atoms with Crippen molar-refractivity contribution in [2.75, 3.05) is 0 Å². The van der Waals surface area contributed by atoms with E-state index in [0.717, 1.165) is 57.5 Å². The fraction of sp³-hybridized carbons (Fsp3) is 0.0625. The molecular formula is C128H111O5S5+5. The molecule has 0 radical (unpaired) electrons. The van der Waals surface area contributed by atoms with Gasteiger partial charge in [-0.3, -0.25) is 0 Å². The Balaban J connectivity index is 0.000000125. The van der Waals surface area contributed by atoms with Gasteiger partial charge in [0.15, 0.2) is 73.4 Å². The molecule has 0 heterocycles. The zero-order valence-corrected chi connectivity index (χ0v) is 82.6. The van der Waals surface area contributed by atoms with Crippen LogP contribution in [0.1, 0.15) is 48.6 Å². The van der Waals surface area contributed by atoms with E-state index in [1.54, 1.807) is 0 Å². The molecule has 10 heteroatoms. The lowest BCUT2D eigenvalue weighted by Gasteiger charge is -2.19. The molecule has 0 fully saturated rings. The fourth-order valence-electron chi connectivity index (χ4n) is 15.0. The summed E-state index contributed by atoms with van der Waals surface area (Å²) < 4.78 is 29.9. The smallest absolute Gasteiger partial charge is 0.166 e. The number of hydrogen-bond donors (Lipinski definition) is 0. The van der Waals surface area contributed by atoms with Gasteiger partial charge in [-0.25, -0.2) is 0 Å². The molecule has 0 bridgehead atoms. The van der Waals surface area contributed by atoms with E-state index in [1.165, 1.54) is 101 Å². The lowest BCUT2D eigenvalue weighted by Crippen LogP contribution is -2.10. The molecule has 0 aliphatic rings. The second-order valence-electron chi connectivity index (χ2n) is 33.6. The Morgan fingerprint density at radius 2 is 0.232 bits per heavy atom. The SMILES string of the molecule is CC(C)(C)c1ccc(Oc2ccc([S+](c3ccccc3)c3ccccc3)cc2)cc1.Cc1ccc(Oc2ccc([S+](c3ccccc3)c3ccc(C)cc3)cc2)cc1.Cc1ccc(Oc2ccc([S+](c3ccccc3)c3ccccc3)cc2)cc1.Cc1ccc([S+](c2ccccc2)c2ccc(Oc3ccccc3)cc2)cc1.c1ccc(Oc2ccc([S+](c3ccccc3)c3ccccc3)cc2)cc1. The summed E-state index contributed by atoms with van der Waals surface area (Å²) in [5.41, 5.74) is 6.47. The highest BCUT2D eigenvalue weighted by Crippen LogP contribution is 2.41. The Morgan fingerprint density at radius 1 is 0.123 bits per heavy atom. The van der Waals surface area contributed by atoms with Gasteiger partial charge >= 0.3 is 0 Å². The number of ether oxygens (including phenoxy) is 5. The van der Waals surface area contributed by atoms with Gasteiger partial charge in [-0.15, -0.1) is 0 Å². The van der Waals surface area contributed by atoms with E-state index in [1.807, 2.05) is 109 Å². The van der Waals surface area contributed by atoms with Gasteiger partial charge in [-0.1, -0.05) is 286 Å². The maximum absolute atomic E-state index is 6.10. The number of rotatable bonds is 25. The second kappa shape index (κ2) is 49.1. The molecule has 2 unspecified atom stereocenters. The minimum atomic E-state index is -0.138. The summed E-state index contributed by atoms with van der Waals surface area (Å²) in [4.78, 5) is 19.6. The van der Waals surface area contributed by atoms with Gasteiger partial charge in [-0.2, -0.15) is 0 Å². The van der Waals surface area contributed by atoms with Crippen molar-refractivity contribution in [2.24, 2.45) is 0 Å². The first-order chi connectivity index (χ1) is 67.7. The Morgan fingerprint density at radius 3 is 0.384 bits per heavy atom. The average molecular weight is 1890 g/mol. The first kappa shape index (κ1) is 96.3. The zero-order chi connectivity index (χ0) is 94.9. The van der Waals surface area contributed by atoms with Crippen molar-refractivity contribution >= 4 is 54.5 Å². The van der Waals surface area contributed by atoms with Crippen molar-refractivity contribution in [3.05, 3.63) is 574 Å². The number of benzene rings is 20. The Kier molecular flexibility index (Phi) is 34.2. The van der Waals surface area contributed by atoms with Crippen LogP contribution in [0, 0.1) is 27.7 Å². The van der Waals surface area contributed by atoms with Crippen LogP contribution in [-0.4, -0.2) is 0 Å². The molecule has 2 atom stereocenters. The summed E-state index contributed by atoms with van der Waals surface area (Å²) in [5.74, 6) is 8.55. The molecule has 20 aromatic carbocycles. The van der Waals surface area contributed by atoms with Crippen molar-refractivity contribution in [3.63, 3.8) is 0 Å². The van der Waals surface area contributed by atoms with E-state index in [2.05, 4.69) is 485 Å². The van der Waals surface area contributed by atoms with Crippen molar-refractivity contribution in [2.45, 2.75) is 127 Å². The van der Waals surface area contributed by atoms with Crippen molar-refractivity contribution in [1.29, 1.82) is 0 Å². The van der Waals surface area contributed by atoms with E-state index in [0.29, 0.717) is 0 Å². The molecule has 0 amide bonds.